The van der Waals surface area contributed by atoms with E-state index in [4.69, 9.17) is 5.11 Å². The molecule has 2 aromatic carbocycles. The first-order valence-corrected chi connectivity index (χ1v) is 8.89. The van der Waals surface area contributed by atoms with E-state index in [-0.39, 0.29) is 6.42 Å². The second-order valence-corrected chi connectivity index (χ2v) is 6.76. The number of H-pyrrole nitrogens is 1. The number of thiazole rings is 1. The van der Waals surface area contributed by atoms with E-state index in [1.807, 2.05) is 35.7 Å². The minimum Gasteiger partial charge on any atom is -0.481 e. The number of benzene rings is 2. The third-order valence-electron chi connectivity index (χ3n) is 4.11. The molecule has 4 rings (SSSR count). The summed E-state index contributed by atoms with van der Waals surface area (Å²) in [4.78, 5) is 19.0. The Labute approximate surface area is 148 Å². The van der Waals surface area contributed by atoms with Gasteiger partial charge in [0.15, 0.2) is 0 Å². The van der Waals surface area contributed by atoms with Crippen LogP contribution in [-0.2, 0) is 17.6 Å². The van der Waals surface area contributed by atoms with Crippen molar-refractivity contribution in [3.05, 3.63) is 76.9 Å². The van der Waals surface area contributed by atoms with Crippen molar-refractivity contribution in [1.29, 1.82) is 0 Å². The molecule has 0 radical (unpaired) electrons. The van der Waals surface area contributed by atoms with Crippen molar-refractivity contribution in [2.75, 3.05) is 0 Å². The van der Waals surface area contributed by atoms with E-state index in [0.717, 1.165) is 33.6 Å². The predicted octanol–water partition coefficient (Wildman–Crippen LogP) is 4.51. The van der Waals surface area contributed by atoms with Crippen LogP contribution in [0, 0.1) is 0 Å². The third kappa shape index (κ3) is 3.19. The van der Waals surface area contributed by atoms with E-state index < -0.39 is 5.97 Å². The van der Waals surface area contributed by atoms with Gasteiger partial charge in [-0.2, -0.15) is 0 Å². The molecule has 2 heterocycles. The van der Waals surface area contributed by atoms with Crippen LogP contribution < -0.4 is 0 Å². The van der Waals surface area contributed by atoms with E-state index in [1.54, 1.807) is 0 Å². The molecule has 4 aromatic rings. The molecule has 0 aliphatic carbocycles. The van der Waals surface area contributed by atoms with Gasteiger partial charge in [-0.25, -0.2) is 4.98 Å². The number of hydrogen-bond acceptors (Lipinski definition) is 3. The van der Waals surface area contributed by atoms with Crippen LogP contribution in [-0.4, -0.2) is 21.0 Å². The van der Waals surface area contributed by atoms with Gasteiger partial charge in [0.1, 0.15) is 5.01 Å². The van der Waals surface area contributed by atoms with E-state index in [0.29, 0.717) is 5.69 Å². The maximum absolute atomic E-state index is 10.9. The van der Waals surface area contributed by atoms with Crippen LogP contribution in [0.3, 0.4) is 0 Å². The summed E-state index contributed by atoms with van der Waals surface area (Å²) in [6.45, 7) is 0. The van der Waals surface area contributed by atoms with Gasteiger partial charge in [0.05, 0.1) is 12.1 Å². The van der Waals surface area contributed by atoms with Gasteiger partial charge < -0.3 is 10.1 Å². The van der Waals surface area contributed by atoms with Crippen molar-refractivity contribution in [3.8, 4) is 10.6 Å². The van der Waals surface area contributed by atoms with E-state index in [1.165, 1.54) is 16.9 Å². The number of aliphatic carboxylic acids is 1. The highest BCUT2D eigenvalue weighted by atomic mass is 32.1. The van der Waals surface area contributed by atoms with E-state index >= 15 is 0 Å². The molecule has 25 heavy (non-hydrogen) atoms. The minimum atomic E-state index is -0.861. The second kappa shape index (κ2) is 6.53. The minimum absolute atomic E-state index is 0.0487. The lowest BCUT2D eigenvalue weighted by molar-refractivity contribution is -0.136. The Morgan fingerprint density at radius 2 is 1.84 bits per heavy atom. The molecule has 0 amide bonds. The second-order valence-electron chi connectivity index (χ2n) is 5.90. The fourth-order valence-electron chi connectivity index (χ4n) is 3.03. The summed E-state index contributed by atoms with van der Waals surface area (Å²) >= 11 is 1.49. The summed E-state index contributed by atoms with van der Waals surface area (Å²) < 4.78 is 0. The van der Waals surface area contributed by atoms with Crippen molar-refractivity contribution in [1.82, 2.24) is 9.97 Å². The topological polar surface area (TPSA) is 66.0 Å². The smallest absolute Gasteiger partial charge is 0.309 e. The molecule has 4 nitrogen and oxygen atoms in total. The zero-order chi connectivity index (χ0) is 17.2. The number of para-hydroxylation sites is 1. The first-order chi connectivity index (χ1) is 12.2. The summed E-state index contributed by atoms with van der Waals surface area (Å²) in [5, 5.41) is 12.8. The molecule has 2 aromatic heterocycles. The highest BCUT2D eigenvalue weighted by Crippen LogP contribution is 2.35. The molecule has 0 saturated heterocycles. The maximum Gasteiger partial charge on any atom is 0.309 e. The summed E-state index contributed by atoms with van der Waals surface area (Å²) in [6, 6.07) is 18.4. The summed E-state index contributed by atoms with van der Waals surface area (Å²) in [6.07, 6.45) is 0.728. The molecule has 0 saturated carbocycles. The molecule has 5 heteroatoms. The van der Waals surface area contributed by atoms with Crippen LogP contribution in [0.5, 0.6) is 0 Å². The van der Waals surface area contributed by atoms with E-state index in [9.17, 15) is 4.79 Å². The lowest BCUT2D eigenvalue weighted by Crippen LogP contribution is -2.00. The number of carbonyl (C=O) groups is 1. The van der Waals surface area contributed by atoms with Crippen molar-refractivity contribution in [2.24, 2.45) is 0 Å². The number of rotatable bonds is 5. The Morgan fingerprint density at radius 3 is 2.64 bits per heavy atom. The highest BCUT2D eigenvalue weighted by Gasteiger charge is 2.17. The normalized spacial score (nSPS) is 11.0. The predicted molar refractivity (Wildman–Crippen MR) is 100.0 cm³/mol. The molecule has 0 aliphatic rings. The van der Waals surface area contributed by atoms with Gasteiger partial charge in [0.25, 0.3) is 0 Å². The standard InChI is InChI=1S/C20H16N2O2S/c23-18(24)11-14-12-25-20(21-14)19-15-8-4-5-9-16(15)22-17(19)10-13-6-2-1-3-7-13/h1-9,12,22H,10-11H2,(H,23,24). The van der Waals surface area contributed by atoms with E-state index in [2.05, 4.69) is 34.2 Å². The number of nitrogens with one attached hydrogen (secondary N) is 1. The largest absolute Gasteiger partial charge is 0.481 e. The van der Waals surface area contributed by atoms with Crippen LogP contribution in [0.25, 0.3) is 21.5 Å². The lowest BCUT2D eigenvalue weighted by atomic mass is 10.1. The van der Waals surface area contributed by atoms with Gasteiger partial charge in [-0.05, 0) is 11.6 Å². The average molecular weight is 348 g/mol. The maximum atomic E-state index is 10.9. The molecule has 0 aliphatic heterocycles. The molecule has 0 bridgehead atoms. The summed E-state index contributed by atoms with van der Waals surface area (Å²) in [7, 11) is 0. The van der Waals surface area contributed by atoms with Gasteiger partial charge >= 0.3 is 5.97 Å². The molecule has 0 atom stereocenters. The Kier molecular flexibility index (Phi) is 4.07. The van der Waals surface area contributed by atoms with Crippen molar-refractivity contribution >= 4 is 28.2 Å². The molecular weight excluding hydrogens is 332 g/mol. The van der Waals surface area contributed by atoms with Gasteiger partial charge in [0.2, 0.25) is 0 Å². The number of nitrogens with zero attached hydrogens (tertiary/aromatic N) is 1. The van der Waals surface area contributed by atoms with Gasteiger partial charge in [-0.1, -0.05) is 48.5 Å². The Morgan fingerprint density at radius 1 is 1.08 bits per heavy atom. The Hall–Kier alpha value is -2.92. The van der Waals surface area contributed by atoms with Crippen molar-refractivity contribution in [3.63, 3.8) is 0 Å². The number of aromatic nitrogens is 2. The number of carboxylic acid groups (broad SMARTS) is 1. The first kappa shape index (κ1) is 15.6. The average Bonchev–Trinajstić information content (AvgIpc) is 3.19. The SMILES string of the molecule is O=C(O)Cc1csc(-c2c(Cc3ccccc3)[nH]c3ccccc23)n1. The third-order valence-corrected chi connectivity index (χ3v) is 5.01. The van der Waals surface area contributed by atoms with Crippen LogP contribution in [0.4, 0.5) is 0 Å². The van der Waals surface area contributed by atoms with Crippen LogP contribution in [0.1, 0.15) is 17.0 Å². The zero-order valence-corrected chi connectivity index (χ0v) is 14.2. The van der Waals surface area contributed by atoms with Gasteiger partial charge in [0, 0.05) is 34.0 Å². The number of hydrogen-bond donors (Lipinski definition) is 2. The van der Waals surface area contributed by atoms with Gasteiger partial charge in [-0.15, -0.1) is 11.3 Å². The van der Waals surface area contributed by atoms with Crippen LogP contribution in [0.15, 0.2) is 60.0 Å². The van der Waals surface area contributed by atoms with Crippen LogP contribution >= 0.6 is 11.3 Å². The van der Waals surface area contributed by atoms with Crippen molar-refractivity contribution in [2.45, 2.75) is 12.8 Å². The molecular formula is C20H16N2O2S. The number of fused-ring (bicyclic) bond motifs is 1. The monoisotopic (exact) mass is 348 g/mol. The Balaban J connectivity index is 1.82. The lowest BCUT2D eigenvalue weighted by Gasteiger charge is -2.03. The number of aromatic amines is 1. The molecule has 0 spiro atoms. The highest BCUT2D eigenvalue weighted by molar-refractivity contribution is 7.13. The number of carboxylic acids is 1. The quantitative estimate of drug-likeness (QED) is 0.558. The molecule has 0 fully saturated rings. The van der Waals surface area contributed by atoms with Crippen molar-refractivity contribution < 1.29 is 9.90 Å². The van der Waals surface area contributed by atoms with Crippen LogP contribution in [0.2, 0.25) is 0 Å². The molecule has 2 N–H and O–H groups in total. The Bertz CT molecular complexity index is 1030. The fourth-order valence-corrected chi connectivity index (χ4v) is 3.94. The first-order valence-electron chi connectivity index (χ1n) is 8.01. The zero-order valence-electron chi connectivity index (χ0n) is 13.4. The summed E-state index contributed by atoms with van der Waals surface area (Å²) in [5.41, 5.74) is 5.06. The summed E-state index contributed by atoms with van der Waals surface area (Å²) in [5.74, 6) is -0.861. The molecule has 124 valence electrons. The molecule has 0 unspecified atom stereocenters. The van der Waals surface area contributed by atoms with Gasteiger partial charge in [-0.3, -0.25) is 4.79 Å². The fraction of sp³-hybridized carbons (Fsp3) is 0.100.